The zero-order valence-electron chi connectivity index (χ0n) is 17.0. The summed E-state index contributed by atoms with van der Waals surface area (Å²) >= 11 is 0. The average molecular weight is 358 g/mol. The smallest absolute Gasteiger partial charge is 0.0408 e. The van der Waals surface area contributed by atoms with E-state index in [0.29, 0.717) is 0 Å². The minimum absolute atomic E-state index is 1.17. The van der Waals surface area contributed by atoms with Crippen molar-refractivity contribution in [3.63, 3.8) is 0 Å². The summed E-state index contributed by atoms with van der Waals surface area (Å²) in [6.07, 6.45) is 12.1. The minimum Gasteiger partial charge on any atom is -0.345 e. The molecule has 0 amide bonds. The van der Waals surface area contributed by atoms with E-state index >= 15 is 0 Å². The van der Waals surface area contributed by atoms with Gasteiger partial charge in [0, 0.05) is 24.0 Å². The molecule has 1 aliphatic rings. The highest BCUT2D eigenvalue weighted by atomic mass is 15.1. The van der Waals surface area contributed by atoms with E-state index in [2.05, 4.69) is 92.2 Å². The molecule has 3 rings (SSSR count). The molecule has 0 bridgehead atoms. The lowest BCUT2D eigenvalue weighted by atomic mass is 10.0. The predicted molar refractivity (Wildman–Crippen MR) is 119 cm³/mol. The SMILES string of the molecule is CCCCCCCc1ccc(N(C)c2ccc(C3=C=C(C)C=C3)cc2)cc1. The number of hydrogen-bond acceptors (Lipinski definition) is 1. The Morgan fingerprint density at radius 2 is 1.41 bits per heavy atom. The number of anilines is 2. The van der Waals surface area contributed by atoms with Gasteiger partial charge in [-0.05, 0) is 66.8 Å². The van der Waals surface area contributed by atoms with Crippen LogP contribution in [0.3, 0.4) is 0 Å². The fraction of sp³-hybridized carbons (Fsp3) is 0.346. The van der Waals surface area contributed by atoms with Crippen LogP contribution < -0.4 is 4.90 Å². The van der Waals surface area contributed by atoms with Crippen LogP contribution in [0.5, 0.6) is 0 Å². The second-order valence-corrected chi connectivity index (χ2v) is 7.49. The molecule has 0 unspecified atom stereocenters. The quantitative estimate of drug-likeness (QED) is 0.332. The van der Waals surface area contributed by atoms with Crippen molar-refractivity contribution in [2.24, 2.45) is 0 Å². The lowest BCUT2D eigenvalue weighted by Gasteiger charge is -2.20. The topological polar surface area (TPSA) is 3.24 Å². The summed E-state index contributed by atoms with van der Waals surface area (Å²) in [4.78, 5) is 2.24. The van der Waals surface area contributed by atoms with Crippen LogP contribution in [0.15, 0.2) is 72.0 Å². The number of unbranched alkanes of at least 4 members (excludes halogenated alkanes) is 4. The molecule has 0 spiro atoms. The van der Waals surface area contributed by atoms with Gasteiger partial charge in [0.25, 0.3) is 0 Å². The van der Waals surface area contributed by atoms with Gasteiger partial charge in [-0.3, -0.25) is 0 Å². The molecule has 0 fully saturated rings. The van der Waals surface area contributed by atoms with E-state index in [1.54, 1.807) is 0 Å². The molecular formula is C26H31N. The van der Waals surface area contributed by atoms with Gasteiger partial charge in [-0.15, -0.1) is 5.73 Å². The van der Waals surface area contributed by atoms with E-state index in [0.717, 1.165) is 0 Å². The lowest BCUT2D eigenvalue weighted by molar-refractivity contribution is 0.632. The summed E-state index contributed by atoms with van der Waals surface area (Å²) in [7, 11) is 2.13. The van der Waals surface area contributed by atoms with E-state index in [1.807, 2.05) is 0 Å². The normalized spacial score (nSPS) is 12.9. The van der Waals surface area contributed by atoms with Crippen LogP contribution in [0.4, 0.5) is 11.4 Å². The van der Waals surface area contributed by atoms with Crippen molar-refractivity contribution in [2.45, 2.75) is 52.4 Å². The Hall–Kier alpha value is -2.50. The third-order valence-corrected chi connectivity index (χ3v) is 5.29. The minimum atomic E-state index is 1.17. The lowest BCUT2D eigenvalue weighted by Crippen LogP contribution is -2.09. The number of hydrogen-bond donors (Lipinski definition) is 0. The van der Waals surface area contributed by atoms with Crippen LogP contribution in [0.25, 0.3) is 5.57 Å². The molecule has 0 aliphatic heterocycles. The summed E-state index contributed by atoms with van der Waals surface area (Å²) in [5.41, 5.74) is 10.9. The molecule has 140 valence electrons. The van der Waals surface area contributed by atoms with Crippen molar-refractivity contribution in [3.8, 4) is 0 Å². The highest BCUT2D eigenvalue weighted by Gasteiger charge is 2.06. The number of nitrogens with zero attached hydrogens (tertiary/aromatic N) is 1. The first kappa shape index (κ1) is 19.3. The maximum atomic E-state index is 3.39. The largest absolute Gasteiger partial charge is 0.345 e. The van der Waals surface area contributed by atoms with E-state index in [4.69, 9.17) is 0 Å². The maximum Gasteiger partial charge on any atom is 0.0408 e. The number of benzene rings is 2. The molecule has 0 saturated carbocycles. The van der Waals surface area contributed by atoms with E-state index in [1.165, 1.54) is 72.2 Å². The molecule has 1 heteroatoms. The first-order chi connectivity index (χ1) is 13.2. The van der Waals surface area contributed by atoms with Crippen molar-refractivity contribution < 1.29 is 0 Å². The third kappa shape index (κ3) is 5.25. The fourth-order valence-electron chi connectivity index (χ4n) is 3.51. The monoisotopic (exact) mass is 357 g/mol. The molecule has 0 N–H and O–H groups in total. The van der Waals surface area contributed by atoms with Crippen LogP contribution in [0.1, 0.15) is 57.1 Å². The molecule has 0 aromatic heterocycles. The molecule has 0 radical (unpaired) electrons. The summed E-state index contributed by atoms with van der Waals surface area (Å²) in [6.45, 7) is 4.35. The number of aryl methyl sites for hydroxylation is 1. The molecule has 27 heavy (non-hydrogen) atoms. The molecule has 0 heterocycles. The van der Waals surface area contributed by atoms with E-state index in [-0.39, 0.29) is 0 Å². The summed E-state index contributed by atoms with van der Waals surface area (Å²) in [6, 6.07) is 17.8. The van der Waals surface area contributed by atoms with Crippen LogP contribution >= 0.6 is 0 Å². The van der Waals surface area contributed by atoms with Gasteiger partial charge >= 0.3 is 0 Å². The van der Waals surface area contributed by atoms with Crippen LogP contribution in [0.2, 0.25) is 0 Å². The van der Waals surface area contributed by atoms with Gasteiger partial charge in [-0.2, -0.15) is 0 Å². The van der Waals surface area contributed by atoms with Gasteiger partial charge in [-0.1, -0.05) is 62.9 Å². The summed E-state index contributed by atoms with van der Waals surface area (Å²) in [5.74, 6) is 0. The highest BCUT2D eigenvalue weighted by Crippen LogP contribution is 2.27. The molecule has 0 atom stereocenters. The van der Waals surface area contributed by atoms with Gasteiger partial charge in [0.2, 0.25) is 0 Å². The van der Waals surface area contributed by atoms with Crippen LogP contribution in [0, 0.1) is 0 Å². The van der Waals surface area contributed by atoms with E-state index in [9.17, 15) is 0 Å². The Morgan fingerprint density at radius 1 is 0.778 bits per heavy atom. The van der Waals surface area contributed by atoms with Crippen molar-refractivity contribution in [2.75, 3.05) is 11.9 Å². The van der Waals surface area contributed by atoms with Crippen molar-refractivity contribution >= 4 is 16.9 Å². The first-order valence-electron chi connectivity index (χ1n) is 10.3. The molecule has 1 nitrogen and oxygen atoms in total. The van der Waals surface area contributed by atoms with E-state index < -0.39 is 0 Å². The fourth-order valence-corrected chi connectivity index (χ4v) is 3.51. The zero-order chi connectivity index (χ0) is 19.1. The average Bonchev–Trinajstić information content (AvgIpc) is 3.14. The molecule has 2 aromatic carbocycles. The van der Waals surface area contributed by atoms with Crippen molar-refractivity contribution in [3.05, 3.63) is 83.1 Å². The standard InChI is InChI=1S/C26H31N/c1-4-5-6-7-8-9-22-11-16-25(17-12-22)27(3)26-18-14-23(15-19-26)24-13-10-21(2)20-24/h10-19H,4-9H2,1-3H3. The Morgan fingerprint density at radius 3 is 2.00 bits per heavy atom. The Kier molecular flexibility index (Phi) is 6.74. The predicted octanol–water partition coefficient (Wildman–Crippen LogP) is 7.47. The Labute approximate surface area is 164 Å². The maximum absolute atomic E-state index is 3.39. The highest BCUT2D eigenvalue weighted by molar-refractivity contribution is 5.78. The van der Waals surface area contributed by atoms with Gasteiger partial charge in [0.15, 0.2) is 0 Å². The second-order valence-electron chi connectivity index (χ2n) is 7.49. The first-order valence-corrected chi connectivity index (χ1v) is 10.3. The van der Waals surface area contributed by atoms with Crippen molar-refractivity contribution in [1.29, 1.82) is 0 Å². The molecule has 0 saturated heterocycles. The second kappa shape index (κ2) is 9.44. The van der Waals surface area contributed by atoms with Gasteiger partial charge in [-0.25, -0.2) is 0 Å². The summed E-state index contributed by atoms with van der Waals surface area (Å²) in [5, 5.41) is 0. The van der Waals surface area contributed by atoms with Crippen LogP contribution in [-0.4, -0.2) is 7.05 Å². The van der Waals surface area contributed by atoms with Gasteiger partial charge < -0.3 is 4.90 Å². The Balaban J connectivity index is 1.59. The van der Waals surface area contributed by atoms with Crippen molar-refractivity contribution in [1.82, 2.24) is 0 Å². The molecule has 1 aliphatic carbocycles. The Bertz CT molecular complexity index is 831. The summed E-state index contributed by atoms with van der Waals surface area (Å²) < 4.78 is 0. The third-order valence-electron chi connectivity index (χ3n) is 5.29. The molecule has 2 aromatic rings. The van der Waals surface area contributed by atoms with Crippen LogP contribution in [-0.2, 0) is 6.42 Å². The number of allylic oxidation sites excluding steroid dienone is 3. The van der Waals surface area contributed by atoms with Gasteiger partial charge in [0.1, 0.15) is 0 Å². The molecular weight excluding hydrogens is 326 g/mol. The number of rotatable bonds is 9. The van der Waals surface area contributed by atoms with Gasteiger partial charge in [0.05, 0.1) is 0 Å². The zero-order valence-corrected chi connectivity index (χ0v) is 17.0.